The molecule has 3 aromatic carbocycles. The summed E-state index contributed by atoms with van der Waals surface area (Å²) >= 11 is 0. The highest BCUT2D eigenvalue weighted by molar-refractivity contribution is 5.96. The zero-order valence-electron chi connectivity index (χ0n) is 20.2. The van der Waals surface area contributed by atoms with E-state index in [-0.39, 0.29) is 10.8 Å². The van der Waals surface area contributed by atoms with E-state index in [0.29, 0.717) is 6.17 Å². The van der Waals surface area contributed by atoms with Gasteiger partial charge in [0.1, 0.15) is 6.17 Å². The Morgan fingerprint density at radius 1 is 0.806 bits per heavy atom. The molecule has 31 heavy (non-hydrogen) atoms. The predicted octanol–water partition coefficient (Wildman–Crippen LogP) is 7.26. The van der Waals surface area contributed by atoms with Crippen LogP contribution in [-0.2, 0) is 10.8 Å². The van der Waals surface area contributed by atoms with Crippen LogP contribution in [0.5, 0.6) is 0 Å². The van der Waals surface area contributed by atoms with Crippen LogP contribution in [0.15, 0.2) is 54.9 Å². The van der Waals surface area contributed by atoms with Crippen molar-refractivity contribution < 1.29 is 0 Å². The monoisotopic (exact) mass is 410 g/mol. The minimum atomic E-state index is 0.0130. The van der Waals surface area contributed by atoms with Gasteiger partial charge in [-0.25, -0.2) is 0 Å². The van der Waals surface area contributed by atoms with E-state index in [4.69, 9.17) is 0 Å². The number of fused-ring (bicyclic) bond motifs is 5. The van der Waals surface area contributed by atoms with E-state index in [1.807, 2.05) is 0 Å². The maximum absolute atomic E-state index is 2.45. The van der Waals surface area contributed by atoms with Gasteiger partial charge in [0.05, 0.1) is 0 Å². The molecule has 2 heteroatoms. The van der Waals surface area contributed by atoms with Crippen molar-refractivity contribution >= 4 is 16.5 Å². The normalized spacial score (nSPS) is 20.8. The first-order valence-corrected chi connectivity index (χ1v) is 11.4. The zero-order valence-corrected chi connectivity index (χ0v) is 20.2. The summed E-state index contributed by atoms with van der Waals surface area (Å²) in [5, 5.41) is 2.74. The van der Waals surface area contributed by atoms with Crippen molar-refractivity contribution in [1.82, 2.24) is 4.90 Å². The summed E-state index contributed by atoms with van der Waals surface area (Å²) in [6.07, 6.45) is 4.70. The van der Waals surface area contributed by atoms with Gasteiger partial charge in [0, 0.05) is 30.5 Å². The molecule has 1 heterocycles. The van der Waals surface area contributed by atoms with Crippen LogP contribution in [0.4, 0.5) is 5.69 Å². The third-order valence-electron chi connectivity index (χ3n) is 8.39. The molecule has 0 spiro atoms. The van der Waals surface area contributed by atoms with Crippen molar-refractivity contribution in [3.05, 3.63) is 77.1 Å². The van der Waals surface area contributed by atoms with Crippen molar-refractivity contribution in [3.8, 4) is 11.1 Å². The lowest BCUT2D eigenvalue weighted by Gasteiger charge is -2.49. The average Bonchev–Trinajstić information content (AvgIpc) is 3.04. The van der Waals surface area contributed by atoms with Crippen LogP contribution >= 0.6 is 0 Å². The lowest BCUT2D eigenvalue weighted by molar-refractivity contribution is 0.301. The molecular weight excluding hydrogens is 376 g/mol. The number of hydrogen-bond donors (Lipinski definition) is 0. The summed E-state index contributed by atoms with van der Waals surface area (Å²) in [6.45, 7) is 16.4. The van der Waals surface area contributed by atoms with Crippen LogP contribution in [0, 0.1) is 13.8 Å². The summed E-state index contributed by atoms with van der Waals surface area (Å²) in [5.41, 5.74) is 9.71. The second-order valence-corrected chi connectivity index (χ2v) is 10.6. The van der Waals surface area contributed by atoms with Gasteiger partial charge in [-0.1, -0.05) is 69.7 Å². The molecule has 2 aliphatic rings. The minimum Gasteiger partial charge on any atom is -0.359 e. The Bertz CT molecular complexity index is 1250. The van der Waals surface area contributed by atoms with E-state index >= 15 is 0 Å². The number of rotatable bonds is 1. The number of aryl methyl sites for hydroxylation is 2. The molecule has 0 amide bonds. The number of hydrogen-bond acceptors (Lipinski definition) is 2. The van der Waals surface area contributed by atoms with Crippen LogP contribution in [0.1, 0.15) is 56.9 Å². The first-order valence-electron chi connectivity index (χ1n) is 11.4. The molecule has 5 rings (SSSR count). The summed E-state index contributed by atoms with van der Waals surface area (Å²) < 4.78 is 0. The van der Waals surface area contributed by atoms with Crippen LogP contribution in [0.2, 0.25) is 0 Å². The molecule has 3 aromatic rings. The van der Waals surface area contributed by atoms with E-state index in [1.165, 1.54) is 49.8 Å². The van der Waals surface area contributed by atoms with Gasteiger partial charge in [0.25, 0.3) is 0 Å². The largest absolute Gasteiger partial charge is 0.359 e. The van der Waals surface area contributed by atoms with E-state index in [2.05, 4.69) is 120 Å². The highest BCUT2D eigenvalue weighted by atomic mass is 15.4. The average molecular weight is 411 g/mol. The molecule has 1 aliphatic carbocycles. The molecule has 0 radical (unpaired) electrons. The van der Waals surface area contributed by atoms with Crippen LogP contribution < -0.4 is 4.90 Å². The summed E-state index contributed by atoms with van der Waals surface area (Å²) in [5.74, 6) is 0. The molecular formula is C29H34N2. The van der Waals surface area contributed by atoms with Gasteiger partial charge in [0.15, 0.2) is 0 Å². The molecule has 0 saturated carbocycles. The van der Waals surface area contributed by atoms with Gasteiger partial charge in [0.2, 0.25) is 0 Å². The van der Waals surface area contributed by atoms with E-state index in [0.717, 1.165) is 0 Å². The second kappa shape index (κ2) is 6.38. The van der Waals surface area contributed by atoms with E-state index in [1.54, 1.807) is 0 Å². The van der Waals surface area contributed by atoms with Crippen molar-refractivity contribution in [2.75, 3.05) is 11.9 Å². The van der Waals surface area contributed by atoms with Gasteiger partial charge in [-0.2, -0.15) is 0 Å². The Morgan fingerprint density at radius 3 is 2.23 bits per heavy atom. The quantitative estimate of drug-likeness (QED) is 0.416. The van der Waals surface area contributed by atoms with Crippen LogP contribution in [-0.4, -0.2) is 18.1 Å². The number of anilines is 1. The maximum Gasteiger partial charge on any atom is 0.102 e. The Morgan fingerprint density at radius 2 is 1.55 bits per heavy atom. The number of nitrogens with zero attached hydrogens (tertiary/aromatic N) is 2. The topological polar surface area (TPSA) is 6.48 Å². The molecule has 0 saturated heterocycles. The minimum absolute atomic E-state index is 0.0130. The first-order chi connectivity index (χ1) is 14.5. The Kier molecular flexibility index (Phi) is 4.16. The fourth-order valence-corrected chi connectivity index (χ4v) is 5.61. The van der Waals surface area contributed by atoms with Crippen molar-refractivity contribution in [1.29, 1.82) is 0 Å². The molecule has 1 aliphatic heterocycles. The van der Waals surface area contributed by atoms with Crippen LogP contribution in [0.3, 0.4) is 0 Å². The third-order valence-corrected chi connectivity index (χ3v) is 8.39. The Hall–Kier alpha value is -2.74. The van der Waals surface area contributed by atoms with E-state index in [9.17, 15) is 0 Å². The standard InChI is InChI=1S/C29H34N2/c1-18-9-11-22-21(15-18)10-12-23-24-17-26(31-14-13-30(8)20(31)3)19(2)16-25(24)28(4,5)29(6,7)27(22)23/h9-17,20H,1-8H3/t20-/m0/s1. The smallest absolute Gasteiger partial charge is 0.102 e. The van der Waals surface area contributed by atoms with Gasteiger partial charge >= 0.3 is 0 Å². The SMILES string of the molecule is Cc1ccc2c3c(ccc2c1)-c1cc(N2C=CN(C)[C@@H]2C)c(C)cc1C(C)(C)C3(C)C. The third kappa shape index (κ3) is 2.63. The van der Waals surface area contributed by atoms with Gasteiger partial charge in [-0.3, -0.25) is 0 Å². The van der Waals surface area contributed by atoms with Gasteiger partial charge in [-0.05, 0) is 70.8 Å². The van der Waals surface area contributed by atoms with Crippen LogP contribution in [0.25, 0.3) is 21.9 Å². The summed E-state index contributed by atoms with van der Waals surface area (Å²) in [6, 6.07) is 16.5. The molecule has 160 valence electrons. The molecule has 0 bridgehead atoms. The zero-order chi connectivity index (χ0) is 22.3. The summed E-state index contributed by atoms with van der Waals surface area (Å²) in [7, 11) is 2.14. The lowest BCUT2D eigenvalue weighted by atomic mass is 9.54. The molecule has 0 unspecified atom stereocenters. The maximum atomic E-state index is 2.45. The molecule has 0 fully saturated rings. The van der Waals surface area contributed by atoms with Gasteiger partial charge < -0.3 is 9.80 Å². The molecule has 1 atom stereocenters. The number of benzene rings is 3. The van der Waals surface area contributed by atoms with Crippen molar-refractivity contribution in [3.63, 3.8) is 0 Å². The second-order valence-electron chi connectivity index (χ2n) is 10.6. The van der Waals surface area contributed by atoms with Crippen molar-refractivity contribution in [2.24, 2.45) is 0 Å². The predicted molar refractivity (Wildman–Crippen MR) is 134 cm³/mol. The van der Waals surface area contributed by atoms with Crippen molar-refractivity contribution in [2.45, 2.75) is 65.5 Å². The molecule has 0 aromatic heterocycles. The van der Waals surface area contributed by atoms with Gasteiger partial charge in [-0.15, -0.1) is 0 Å². The van der Waals surface area contributed by atoms with E-state index < -0.39 is 0 Å². The Balaban J connectivity index is 1.83. The fourth-order valence-electron chi connectivity index (χ4n) is 5.61. The Labute approximate surface area is 187 Å². The first kappa shape index (κ1) is 20.2. The lowest BCUT2D eigenvalue weighted by Crippen LogP contribution is -2.44. The molecule has 0 N–H and O–H groups in total. The summed E-state index contributed by atoms with van der Waals surface area (Å²) in [4.78, 5) is 4.65. The highest BCUT2D eigenvalue weighted by Crippen LogP contribution is 2.56. The molecule has 2 nitrogen and oxygen atoms in total. The highest BCUT2D eigenvalue weighted by Gasteiger charge is 2.47. The fraction of sp³-hybridized carbons (Fsp3) is 0.379.